The lowest BCUT2D eigenvalue weighted by atomic mass is 10.1. The average Bonchev–Trinajstić information content (AvgIpc) is 2.79. The van der Waals surface area contributed by atoms with Crippen molar-refractivity contribution in [2.45, 2.75) is 0 Å². The van der Waals surface area contributed by atoms with Crippen LogP contribution in [0.2, 0.25) is 0 Å². The Kier molecular flexibility index (Phi) is 2.69. The molecule has 0 radical (unpaired) electrons. The third kappa shape index (κ3) is 2.05. The standard InChI is InChI=1S/C16H14N2/c1-18-11-8-15-12-14(4-5-16(15)18)3-2-13-6-9-17-10-7-13/h2-12H,1H3. The normalized spacial score (nSPS) is 11.4. The van der Waals surface area contributed by atoms with Gasteiger partial charge in [0.15, 0.2) is 0 Å². The smallest absolute Gasteiger partial charge is 0.0478 e. The summed E-state index contributed by atoms with van der Waals surface area (Å²) in [5, 5.41) is 1.27. The molecule has 0 saturated heterocycles. The maximum atomic E-state index is 4.01. The molecule has 0 amide bonds. The largest absolute Gasteiger partial charge is 0.351 e. The summed E-state index contributed by atoms with van der Waals surface area (Å²) < 4.78 is 2.13. The highest BCUT2D eigenvalue weighted by Crippen LogP contribution is 2.18. The maximum Gasteiger partial charge on any atom is 0.0478 e. The number of benzene rings is 1. The fraction of sp³-hybridized carbons (Fsp3) is 0.0625. The van der Waals surface area contributed by atoms with Gasteiger partial charge in [-0.05, 0) is 41.5 Å². The van der Waals surface area contributed by atoms with Gasteiger partial charge in [-0.25, -0.2) is 0 Å². The molecule has 88 valence electrons. The molecule has 0 aliphatic heterocycles. The first-order valence-electron chi connectivity index (χ1n) is 5.96. The Hall–Kier alpha value is -2.35. The van der Waals surface area contributed by atoms with Crippen molar-refractivity contribution >= 4 is 23.1 Å². The molecule has 2 heterocycles. The molecule has 18 heavy (non-hydrogen) atoms. The van der Waals surface area contributed by atoms with Gasteiger partial charge in [0, 0.05) is 36.5 Å². The lowest BCUT2D eigenvalue weighted by Gasteiger charge is -1.98. The van der Waals surface area contributed by atoms with Crippen molar-refractivity contribution in [3.8, 4) is 0 Å². The molecule has 2 nitrogen and oxygen atoms in total. The zero-order valence-corrected chi connectivity index (χ0v) is 10.2. The van der Waals surface area contributed by atoms with Crippen molar-refractivity contribution in [1.82, 2.24) is 9.55 Å². The fourth-order valence-corrected chi connectivity index (χ4v) is 2.07. The van der Waals surface area contributed by atoms with E-state index in [0.29, 0.717) is 0 Å². The summed E-state index contributed by atoms with van der Waals surface area (Å²) in [7, 11) is 2.06. The van der Waals surface area contributed by atoms with Crippen LogP contribution in [-0.4, -0.2) is 9.55 Å². The van der Waals surface area contributed by atoms with Gasteiger partial charge < -0.3 is 4.57 Å². The van der Waals surface area contributed by atoms with Crippen molar-refractivity contribution in [3.63, 3.8) is 0 Å². The van der Waals surface area contributed by atoms with E-state index >= 15 is 0 Å². The predicted octanol–water partition coefficient (Wildman–Crippen LogP) is 3.74. The fourth-order valence-electron chi connectivity index (χ4n) is 2.07. The van der Waals surface area contributed by atoms with Crippen LogP contribution >= 0.6 is 0 Å². The van der Waals surface area contributed by atoms with E-state index < -0.39 is 0 Å². The van der Waals surface area contributed by atoms with Crippen LogP contribution < -0.4 is 0 Å². The Bertz CT molecular complexity index is 693. The Morgan fingerprint density at radius 1 is 0.944 bits per heavy atom. The first-order valence-corrected chi connectivity index (χ1v) is 5.96. The number of pyridine rings is 1. The molecule has 0 spiro atoms. The van der Waals surface area contributed by atoms with Gasteiger partial charge >= 0.3 is 0 Å². The molecule has 0 aliphatic rings. The summed E-state index contributed by atoms with van der Waals surface area (Å²) in [4.78, 5) is 4.01. The number of hydrogen-bond donors (Lipinski definition) is 0. The molecule has 0 unspecified atom stereocenters. The monoisotopic (exact) mass is 234 g/mol. The van der Waals surface area contributed by atoms with Crippen LogP contribution in [0, 0.1) is 0 Å². The maximum absolute atomic E-state index is 4.01. The second-order valence-electron chi connectivity index (χ2n) is 4.36. The van der Waals surface area contributed by atoms with Gasteiger partial charge in [0.05, 0.1) is 0 Å². The van der Waals surface area contributed by atoms with Crippen molar-refractivity contribution in [3.05, 3.63) is 66.1 Å². The zero-order chi connectivity index (χ0) is 12.4. The highest BCUT2D eigenvalue weighted by Gasteiger charge is 1.97. The number of nitrogens with zero attached hydrogens (tertiary/aromatic N) is 2. The van der Waals surface area contributed by atoms with Gasteiger partial charge in [0.25, 0.3) is 0 Å². The minimum Gasteiger partial charge on any atom is -0.351 e. The van der Waals surface area contributed by atoms with Gasteiger partial charge in [-0.2, -0.15) is 0 Å². The second-order valence-corrected chi connectivity index (χ2v) is 4.36. The molecule has 3 aromatic rings. The van der Waals surface area contributed by atoms with E-state index in [-0.39, 0.29) is 0 Å². The van der Waals surface area contributed by atoms with Gasteiger partial charge in [-0.3, -0.25) is 4.98 Å². The SMILES string of the molecule is Cn1ccc2cc(C=Cc3ccncc3)ccc21. The van der Waals surface area contributed by atoms with Crippen molar-refractivity contribution in [2.24, 2.45) is 7.05 Å². The highest BCUT2D eigenvalue weighted by molar-refractivity contribution is 5.84. The summed E-state index contributed by atoms with van der Waals surface area (Å²) in [6, 6.07) is 12.6. The minimum atomic E-state index is 1.16. The number of fused-ring (bicyclic) bond motifs is 1. The minimum absolute atomic E-state index is 1.16. The number of aromatic nitrogens is 2. The molecule has 0 bridgehead atoms. The van der Waals surface area contributed by atoms with Gasteiger partial charge in [0.1, 0.15) is 0 Å². The van der Waals surface area contributed by atoms with Crippen molar-refractivity contribution < 1.29 is 0 Å². The summed E-state index contributed by atoms with van der Waals surface area (Å²) in [6.07, 6.45) is 9.93. The summed E-state index contributed by atoms with van der Waals surface area (Å²) in [5.74, 6) is 0. The summed E-state index contributed by atoms with van der Waals surface area (Å²) in [5.41, 5.74) is 3.64. The lowest BCUT2D eigenvalue weighted by Crippen LogP contribution is -1.83. The van der Waals surface area contributed by atoms with E-state index in [2.05, 4.69) is 59.2 Å². The zero-order valence-electron chi connectivity index (χ0n) is 10.2. The van der Waals surface area contributed by atoms with Crippen LogP contribution in [0.3, 0.4) is 0 Å². The Morgan fingerprint density at radius 2 is 1.72 bits per heavy atom. The van der Waals surface area contributed by atoms with Crippen LogP contribution in [0.5, 0.6) is 0 Å². The van der Waals surface area contributed by atoms with Crippen LogP contribution in [0.1, 0.15) is 11.1 Å². The molecule has 1 aromatic carbocycles. The number of rotatable bonds is 2. The van der Waals surface area contributed by atoms with Crippen LogP contribution in [0.25, 0.3) is 23.1 Å². The molecule has 0 N–H and O–H groups in total. The first-order chi connectivity index (χ1) is 8.83. The second kappa shape index (κ2) is 4.49. The average molecular weight is 234 g/mol. The van der Waals surface area contributed by atoms with E-state index in [1.807, 2.05) is 12.1 Å². The van der Waals surface area contributed by atoms with E-state index in [0.717, 1.165) is 5.56 Å². The predicted molar refractivity (Wildman–Crippen MR) is 76.1 cm³/mol. The molecule has 0 atom stereocenters. The molecular weight excluding hydrogens is 220 g/mol. The Morgan fingerprint density at radius 3 is 2.56 bits per heavy atom. The lowest BCUT2D eigenvalue weighted by molar-refractivity contribution is 0.969. The molecule has 0 aliphatic carbocycles. The third-order valence-electron chi connectivity index (χ3n) is 3.08. The van der Waals surface area contributed by atoms with E-state index in [9.17, 15) is 0 Å². The first kappa shape index (κ1) is 10.8. The van der Waals surface area contributed by atoms with E-state index in [4.69, 9.17) is 0 Å². The molecule has 0 saturated carbocycles. The quantitative estimate of drug-likeness (QED) is 0.660. The molecule has 2 aromatic heterocycles. The van der Waals surface area contributed by atoms with Gasteiger partial charge in [0.2, 0.25) is 0 Å². The molecule has 2 heteroatoms. The van der Waals surface area contributed by atoms with E-state index in [1.54, 1.807) is 12.4 Å². The molecule has 0 fully saturated rings. The molecular formula is C16H14N2. The van der Waals surface area contributed by atoms with Crippen molar-refractivity contribution in [2.75, 3.05) is 0 Å². The Balaban J connectivity index is 1.93. The third-order valence-corrected chi connectivity index (χ3v) is 3.08. The Labute approximate surface area is 106 Å². The topological polar surface area (TPSA) is 17.8 Å². The number of hydrogen-bond acceptors (Lipinski definition) is 1. The van der Waals surface area contributed by atoms with Gasteiger partial charge in [-0.1, -0.05) is 18.2 Å². The summed E-state index contributed by atoms with van der Waals surface area (Å²) in [6.45, 7) is 0. The van der Waals surface area contributed by atoms with Crippen LogP contribution in [0.4, 0.5) is 0 Å². The van der Waals surface area contributed by atoms with E-state index in [1.165, 1.54) is 16.5 Å². The highest BCUT2D eigenvalue weighted by atomic mass is 14.9. The number of aryl methyl sites for hydroxylation is 1. The summed E-state index contributed by atoms with van der Waals surface area (Å²) >= 11 is 0. The van der Waals surface area contributed by atoms with Crippen molar-refractivity contribution in [1.29, 1.82) is 0 Å². The van der Waals surface area contributed by atoms with Crippen LogP contribution in [-0.2, 0) is 7.05 Å². The molecule has 3 rings (SSSR count). The van der Waals surface area contributed by atoms with Crippen LogP contribution in [0.15, 0.2) is 55.0 Å². The van der Waals surface area contributed by atoms with Gasteiger partial charge in [-0.15, -0.1) is 0 Å².